The van der Waals surface area contributed by atoms with Crippen LogP contribution in [0.5, 0.6) is 0 Å². The number of hydrogen-bond donors (Lipinski definition) is 1. The monoisotopic (exact) mass is 184 g/mol. The second-order valence-electron chi connectivity index (χ2n) is 3.83. The van der Waals surface area contributed by atoms with E-state index in [0.717, 1.165) is 38.5 Å². The summed E-state index contributed by atoms with van der Waals surface area (Å²) in [5.74, 6) is 0. The summed E-state index contributed by atoms with van der Waals surface area (Å²) in [4.78, 5) is 0. The van der Waals surface area contributed by atoms with E-state index in [1.54, 1.807) is 0 Å². The molecular formula is C12H24O. The highest BCUT2D eigenvalue weighted by atomic mass is 16.3. The number of rotatable bonds is 7. The van der Waals surface area contributed by atoms with Crippen LogP contribution in [-0.4, -0.2) is 10.7 Å². The van der Waals surface area contributed by atoms with Gasteiger partial charge in [0.2, 0.25) is 0 Å². The van der Waals surface area contributed by atoms with Gasteiger partial charge in [-0.2, -0.15) is 0 Å². The minimum atomic E-state index is -0.400. The Morgan fingerprint density at radius 3 is 2.00 bits per heavy atom. The number of allylic oxidation sites excluding steroid dienone is 2. The van der Waals surface area contributed by atoms with Gasteiger partial charge in [0, 0.05) is 0 Å². The Morgan fingerprint density at radius 2 is 1.62 bits per heavy atom. The quantitative estimate of drug-likeness (QED) is 0.598. The van der Waals surface area contributed by atoms with Crippen molar-refractivity contribution in [1.82, 2.24) is 0 Å². The van der Waals surface area contributed by atoms with E-state index >= 15 is 0 Å². The zero-order valence-corrected chi connectivity index (χ0v) is 9.34. The van der Waals surface area contributed by atoms with Crippen LogP contribution in [0.1, 0.15) is 59.3 Å². The molecule has 0 aromatic carbocycles. The third kappa shape index (κ3) is 5.87. The zero-order chi connectivity index (χ0) is 10.2. The Balaban J connectivity index is 3.90. The molecule has 78 valence electrons. The highest BCUT2D eigenvalue weighted by molar-refractivity contribution is 4.84. The molecule has 0 aromatic heterocycles. The van der Waals surface area contributed by atoms with Gasteiger partial charge in [0.05, 0.1) is 5.60 Å². The summed E-state index contributed by atoms with van der Waals surface area (Å²) in [5, 5.41) is 10.2. The molecule has 0 rings (SSSR count). The maximum Gasteiger partial charge on any atom is 0.0650 e. The molecule has 13 heavy (non-hydrogen) atoms. The van der Waals surface area contributed by atoms with Crippen molar-refractivity contribution in [3.8, 4) is 0 Å². The van der Waals surface area contributed by atoms with E-state index < -0.39 is 5.60 Å². The molecule has 0 bridgehead atoms. The van der Waals surface area contributed by atoms with Crippen LogP contribution in [0.25, 0.3) is 0 Å². The molecule has 0 aromatic rings. The van der Waals surface area contributed by atoms with Crippen molar-refractivity contribution >= 4 is 0 Å². The Morgan fingerprint density at radius 1 is 1.08 bits per heavy atom. The summed E-state index contributed by atoms with van der Waals surface area (Å²) in [6.07, 6.45) is 10.1. The molecular weight excluding hydrogens is 160 g/mol. The summed E-state index contributed by atoms with van der Waals surface area (Å²) >= 11 is 0. The van der Waals surface area contributed by atoms with Crippen LogP contribution in [0.15, 0.2) is 12.2 Å². The smallest absolute Gasteiger partial charge is 0.0650 e. The Kier molecular flexibility index (Phi) is 6.97. The topological polar surface area (TPSA) is 20.2 Å². The summed E-state index contributed by atoms with van der Waals surface area (Å²) < 4.78 is 0. The second-order valence-corrected chi connectivity index (χ2v) is 3.83. The molecule has 0 amide bonds. The van der Waals surface area contributed by atoms with Crippen molar-refractivity contribution in [2.45, 2.75) is 64.9 Å². The Labute approximate surface area is 82.9 Å². The van der Waals surface area contributed by atoms with E-state index in [4.69, 9.17) is 0 Å². The van der Waals surface area contributed by atoms with Gasteiger partial charge in [-0.05, 0) is 32.6 Å². The van der Waals surface area contributed by atoms with Gasteiger partial charge in [-0.3, -0.25) is 0 Å². The third-order valence-electron chi connectivity index (χ3n) is 2.44. The lowest BCUT2D eigenvalue weighted by molar-refractivity contribution is 0.0138. The lowest BCUT2D eigenvalue weighted by Crippen LogP contribution is -2.27. The highest BCUT2D eigenvalue weighted by Gasteiger charge is 2.23. The summed E-state index contributed by atoms with van der Waals surface area (Å²) in [6, 6.07) is 0. The molecule has 0 aliphatic heterocycles. The maximum absolute atomic E-state index is 10.2. The van der Waals surface area contributed by atoms with E-state index in [1.807, 2.05) is 6.92 Å². The average Bonchev–Trinajstić information content (AvgIpc) is 2.05. The lowest BCUT2D eigenvalue weighted by Gasteiger charge is -2.26. The normalized spacial score (nSPS) is 12.6. The fourth-order valence-electron chi connectivity index (χ4n) is 1.82. The third-order valence-corrected chi connectivity index (χ3v) is 2.44. The highest BCUT2D eigenvalue weighted by Crippen LogP contribution is 2.25. The number of hydrogen-bond acceptors (Lipinski definition) is 1. The van der Waals surface area contributed by atoms with Gasteiger partial charge in [0.15, 0.2) is 0 Å². The molecule has 0 saturated carbocycles. The van der Waals surface area contributed by atoms with Gasteiger partial charge in [-0.25, -0.2) is 0 Å². The first kappa shape index (κ1) is 12.7. The van der Waals surface area contributed by atoms with Gasteiger partial charge in [0.25, 0.3) is 0 Å². The first-order chi connectivity index (χ1) is 6.18. The van der Waals surface area contributed by atoms with Crippen molar-refractivity contribution in [1.29, 1.82) is 0 Å². The van der Waals surface area contributed by atoms with Crippen LogP contribution < -0.4 is 0 Å². The minimum Gasteiger partial charge on any atom is -0.390 e. The Bertz CT molecular complexity index is 132. The molecule has 0 heterocycles. The summed E-state index contributed by atoms with van der Waals surface area (Å²) in [5.41, 5.74) is -0.400. The van der Waals surface area contributed by atoms with Gasteiger partial charge < -0.3 is 5.11 Å². The van der Waals surface area contributed by atoms with Crippen molar-refractivity contribution in [3.63, 3.8) is 0 Å². The molecule has 0 saturated heterocycles. The van der Waals surface area contributed by atoms with Gasteiger partial charge in [-0.1, -0.05) is 38.8 Å². The van der Waals surface area contributed by atoms with Crippen LogP contribution in [0.3, 0.4) is 0 Å². The van der Waals surface area contributed by atoms with Crippen LogP contribution in [0.4, 0.5) is 0 Å². The maximum atomic E-state index is 10.2. The van der Waals surface area contributed by atoms with Crippen LogP contribution in [0.2, 0.25) is 0 Å². The van der Waals surface area contributed by atoms with E-state index in [2.05, 4.69) is 26.0 Å². The summed E-state index contributed by atoms with van der Waals surface area (Å²) in [6.45, 7) is 6.30. The Hall–Kier alpha value is -0.300. The molecule has 0 aliphatic rings. The summed E-state index contributed by atoms with van der Waals surface area (Å²) in [7, 11) is 0. The molecule has 0 unspecified atom stereocenters. The van der Waals surface area contributed by atoms with E-state index in [1.165, 1.54) is 0 Å². The molecule has 1 nitrogen and oxygen atoms in total. The van der Waals surface area contributed by atoms with Gasteiger partial charge in [-0.15, -0.1) is 0 Å². The van der Waals surface area contributed by atoms with Crippen molar-refractivity contribution < 1.29 is 5.11 Å². The van der Waals surface area contributed by atoms with Crippen LogP contribution >= 0.6 is 0 Å². The molecule has 0 aliphatic carbocycles. The predicted octanol–water partition coefficient (Wildman–Crippen LogP) is 3.67. The molecule has 0 atom stereocenters. The van der Waals surface area contributed by atoms with Crippen LogP contribution in [-0.2, 0) is 0 Å². The minimum absolute atomic E-state index is 0.400. The molecule has 1 heteroatoms. The molecule has 0 radical (unpaired) electrons. The standard InChI is InChI=1S/C12H24O/c1-4-7-8-11-12(13,9-5-2)10-6-3/h4,7,13H,5-6,8-11H2,1-3H3. The lowest BCUT2D eigenvalue weighted by atomic mass is 9.88. The number of aliphatic hydroxyl groups is 1. The average molecular weight is 184 g/mol. The SMILES string of the molecule is CC=CCCC(O)(CCC)CCC. The molecule has 1 N–H and O–H groups in total. The van der Waals surface area contributed by atoms with Crippen molar-refractivity contribution in [2.75, 3.05) is 0 Å². The molecule has 0 fully saturated rings. The molecule has 0 spiro atoms. The van der Waals surface area contributed by atoms with E-state index in [-0.39, 0.29) is 0 Å². The van der Waals surface area contributed by atoms with Crippen molar-refractivity contribution in [2.24, 2.45) is 0 Å². The second kappa shape index (κ2) is 7.14. The first-order valence-electron chi connectivity index (χ1n) is 5.52. The predicted molar refractivity (Wildman–Crippen MR) is 58.8 cm³/mol. The fraction of sp³-hybridized carbons (Fsp3) is 0.833. The fourth-order valence-corrected chi connectivity index (χ4v) is 1.82. The largest absolute Gasteiger partial charge is 0.390 e. The van der Waals surface area contributed by atoms with Crippen LogP contribution in [0, 0.1) is 0 Å². The van der Waals surface area contributed by atoms with Crippen molar-refractivity contribution in [3.05, 3.63) is 12.2 Å². The van der Waals surface area contributed by atoms with Gasteiger partial charge in [0.1, 0.15) is 0 Å². The van der Waals surface area contributed by atoms with E-state index in [9.17, 15) is 5.11 Å². The van der Waals surface area contributed by atoms with E-state index in [0.29, 0.717) is 0 Å². The zero-order valence-electron chi connectivity index (χ0n) is 9.34. The van der Waals surface area contributed by atoms with Gasteiger partial charge >= 0.3 is 0 Å². The first-order valence-corrected chi connectivity index (χ1v) is 5.52.